The van der Waals surface area contributed by atoms with Crippen molar-refractivity contribution in [1.82, 2.24) is 14.8 Å². The first-order chi connectivity index (χ1) is 19.7. The maximum Gasteiger partial charge on any atom is 0.416 e. The molecule has 1 aromatic heterocycles. The molecule has 0 saturated carbocycles. The standard InChI is InChI=1S/C30H34F3N3O5/c1-39-15-16-41-23-5-6-26-24(18-23)27(29(37)38)25(28(34-26)20-3-2-4-21(17-20)30(31,32)33)19-35-9-7-22(8-10-35)36-11-13-40-14-12-36/h2-6,17-18,22H,7-16,19H2,1H3,(H,37,38). The first-order valence-electron chi connectivity index (χ1n) is 13.8. The van der Waals surface area contributed by atoms with E-state index in [1.165, 1.54) is 6.07 Å². The molecule has 2 saturated heterocycles. The van der Waals surface area contributed by atoms with Gasteiger partial charge >= 0.3 is 12.1 Å². The SMILES string of the molecule is COCCOc1ccc2nc(-c3cccc(C(F)(F)F)c3)c(CN3CCC(N4CCOCC4)CC3)c(C(=O)O)c2c1. The molecule has 11 heteroatoms. The molecule has 0 radical (unpaired) electrons. The third-order valence-electron chi connectivity index (χ3n) is 7.79. The number of halogens is 3. The summed E-state index contributed by atoms with van der Waals surface area (Å²) in [5.41, 5.74) is 0.432. The van der Waals surface area contributed by atoms with Gasteiger partial charge in [0.1, 0.15) is 12.4 Å². The summed E-state index contributed by atoms with van der Waals surface area (Å²) in [5, 5.41) is 10.8. The number of rotatable bonds is 9. The molecule has 2 aliphatic heterocycles. The summed E-state index contributed by atoms with van der Waals surface area (Å²) in [5.74, 6) is -0.708. The fraction of sp³-hybridized carbons (Fsp3) is 0.467. The van der Waals surface area contributed by atoms with Crippen molar-refractivity contribution in [2.75, 3.05) is 59.7 Å². The van der Waals surface area contributed by atoms with Gasteiger partial charge in [0.25, 0.3) is 0 Å². The van der Waals surface area contributed by atoms with Crippen molar-refractivity contribution in [1.29, 1.82) is 0 Å². The van der Waals surface area contributed by atoms with Crippen LogP contribution in [-0.4, -0.2) is 91.6 Å². The van der Waals surface area contributed by atoms with E-state index in [1.807, 2.05) is 0 Å². The second-order valence-electron chi connectivity index (χ2n) is 10.4. The Kier molecular flexibility index (Phi) is 9.08. The fourth-order valence-electron chi connectivity index (χ4n) is 5.70. The number of morpholine rings is 1. The van der Waals surface area contributed by atoms with Gasteiger partial charge < -0.3 is 19.3 Å². The Bertz CT molecular complexity index is 1370. The summed E-state index contributed by atoms with van der Waals surface area (Å²) >= 11 is 0. The molecule has 1 N–H and O–H groups in total. The Balaban J connectivity index is 1.54. The average molecular weight is 574 g/mol. The van der Waals surface area contributed by atoms with Gasteiger partial charge in [-0.15, -0.1) is 0 Å². The molecular weight excluding hydrogens is 539 g/mol. The fourth-order valence-corrected chi connectivity index (χ4v) is 5.70. The highest BCUT2D eigenvalue weighted by molar-refractivity contribution is 6.06. The summed E-state index contributed by atoms with van der Waals surface area (Å²) in [7, 11) is 1.56. The topological polar surface area (TPSA) is 84.4 Å². The van der Waals surface area contributed by atoms with Crippen LogP contribution in [0.4, 0.5) is 13.2 Å². The van der Waals surface area contributed by atoms with Crippen molar-refractivity contribution in [2.24, 2.45) is 0 Å². The van der Waals surface area contributed by atoms with E-state index in [0.717, 1.165) is 64.4 Å². The predicted molar refractivity (Wildman–Crippen MR) is 147 cm³/mol. The highest BCUT2D eigenvalue weighted by atomic mass is 19.4. The number of benzene rings is 2. The lowest BCUT2D eigenvalue weighted by atomic mass is 9.94. The van der Waals surface area contributed by atoms with Crippen molar-refractivity contribution in [3.63, 3.8) is 0 Å². The molecule has 8 nitrogen and oxygen atoms in total. The van der Waals surface area contributed by atoms with E-state index < -0.39 is 17.7 Å². The van der Waals surface area contributed by atoms with Gasteiger partial charge in [0.2, 0.25) is 0 Å². The van der Waals surface area contributed by atoms with E-state index in [1.54, 1.807) is 31.4 Å². The van der Waals surface area contributed by atoms with E-state index in [9.17, 15) is 23.1 Å². The summed E-state index contributed by atoms with van der Waals surface area (Å²) in [6.07, 6.45) is -2.71. The zero-order chi connectivity index (χ0) is 29.0. The van der Waals surface area contributed by atoms with Gasteiger partial charge in [0, 0.05) is 49.3 Å². The first-order valence-corrected chi connectivity index (χ1v) is 13.8. The van der Waals surface area contributed by atoms with Crippen molar-refractivity contribution < 1.29 is 37.3 Å². The summed E-state index contributed by atoms with van der Waals surface area (Å²) in [6, 6.07) is 10.3. The van der Waals surface area contributed by atoms with Gasteiger partial charge in [-0.25, -0.2) is 9.78 Å². The number of carboxylic acid groups (broad SMARTS) is 1. The second kappa shape index (κ2) is 12.7. The van der Waals surface area contributed by atoms with Crippen LogP contribution in [0.15, 0.2) is 42.5 Å². The molecular formula is C30H34F3N3O5. The minimum Gasteiger partial charge on any atom is -0.491 e. The Morgan fingerprint density at radius 1 is 1.07 bits per heavy atom. The third-order valence-corrected chi connectivity index (χ3v) is 7.79. The number of hydrogen-bond acceptors (Lipinski definition) is 7. The number of ether oxygens (including phenoxy) is 3. The lowest BCUT2D eigenvalue weighted by Gasteiger charge is -2.40. The number of aromatic nitrogens is 1. The van der Waals surface area contributed by atoms with Crippen molar-refractivity contribution in [3.8, 4) is 17.0 Å². The minimum absolute atomic E-state index is 0.0231. The number of alkyl halides is 3. The molecule has 2 aliphatic rings. The minimum atomic E-state index is -4.54. The van der Waals surface area contributed by atoms with Crippen LogP contribution in [-0.2, 0) is 22.2 Å². The largest absolute Gasteiger partial charge is 0.491 e. The van der Waals surface area contributed by atoms with E-state index in [4.69, 9.17) is 19.2 Å². The van der Waals surface area contributed by atoms with Gasteiger partial charge in [0.15, 0.2) is 0 Å². The number of hydrogen-bond donors (Lipinski definition) is 1. The number of carboxylic acids is 1. The zero-order valence-corrected chi connectivity index (χ0v) is 23.0. The van der Waals surface area contributed by atoms with Gasteiger partial charge in [-0.2, -0.15) is 13.2 Å². The van der Waals surface area contributed by atoms with E-state index in [-0.39, 0.29) is 30.0 Å². The summed E-state index contributed by atoms with van der Waals surface area (Å²) in [6.45, 7) is 5.62. The van der Waals surface area contributed by atoms with Crippen LogP contribution in [0.2, 0.25) is 0 Å². The molecule has 0 spiro atoms. The highest BCUT2D eigenvalue weighted by Crippen LogP contribution is 2.37. The number of nitrogens with zero attached hydrogens (tertiary/aromatic N) is 3. The highest BCUT2D eigenvalue weighted by Gasteiger charge is 2.32. The predicted octanol–water partition coefficient (Wildman–Crippen LogP) is 4.94. The van der Waals surface area contributed by atoms with Crippen LogP contribution in [0.5, 0.6) is 5.75 Å². The molecule has 0 amide bonds. The number of piperidine rings is 1. The van der Waals surface area contributed by atoms with Gasteiger partial charge in [0.05, 0.1) is 42.2 Å². The molecule has 2 fully saturated rings. The van der Waals surface area contributed by atoms with Crippen molar-refractivity contribution in [3.05, 3.63) is 59.2 Å². The van der Waals surface area contributed by atoms with Crippen molar-refractivity contribution in [2.45, 2.75) is 31.6 Å². The molecule has 0 unspecified atom stereocenters. The Hall–Kier alpha value is -3.25. The van der Waals surface area contributed by atoms with Gasteiger partial charge in [-0.1, -0.05) is 12.1 Å². The average Bonchev–Trinajstić information content (AvgIpc) is 2.97. The van der Waals surface area contributed by atoms with Gasteiger partial charge in [-0.3, -0.25) is 9.80 Å². The van der Waals surface area contributed by atoms with E-state index >= 15 is 0 Å². The van der Waals surface area contributed by atoms with Crippen LogP contribution in [0.25, 0.3) is 22.2 Å². The van der Waals surface area contributed by atoms with E-state index in [2.05, 4.69) is 9.80 Å². The Labute approximate surface area is 236 Å². The lowest BCUT2D eigenvalue weighted by molar-refractivity contribution is -0.137. The number of pyridine rings is 1. The molecule has 3 aromatic rings. The third kappa shape index (κ3) is 6.81. The van der Waals surface area contributed by atoms with Crippen LogP contribution >= 0.6 is 0 Å². The van der Waals surface area contributed by atoms with Crippen LogP contribution < -0.4 is 4.74 Å². The number of carbonyl (C=O) groups is 1. The number of methoxy groups -OCH3 is 1. The van der Waals surface area contributed by atoms with Gasteiger partial charge in [-0.05, 0) is 56.3 Å². The number of fused-ring (bicyclic) bond motifs is 1. The zero-order valence-electron chi connectivity index (χ0n) is 23.0. The number of likely N-dealkylation sites (tertiary alicyclic amines) is 1. The number of aromatic carboxylic acids is 1. The first kappa shape index (κ1) is 29.2. The second-order valence-corrected chi connectivity index (χ2v) is 10.4. The van der Waals surface area contributed by atoms with E-state index in [0.29, 0.717) is 34.9 Å². The maximum atomic E-state index is 13.6. The Morgan fingerprint density at radius 2 is 1.83 bits per heavy atom. The molecule has 0 aliphatic carbocycles. The molecule has 0 bridgehead atoms. The van der Waals surface area contributed by atoms with Crippen LogP contribution in [0, 0.1) is 0 Å². The summed E-state index contributed by atoms with van der Waals surface area (Å²) in [4.78, 5) is 22.2. The molecule has 41 heavy (non-hydrogen) atoms. The molecule has 2 aromatic carbocycles. The quantitative estimate of drug-likeness (QED) is 0.361. The monoisotopic (exact) mass is 573 g/mol. The molecule has 220 valence electrons. The lowest BCUT2D eigenvalue weighted by Crippen LogP contribution is -2.48. The van der Waals surface area contributed by atoms with Crippen LogP contribution in [0.1, 0.15) is 34.3 Å². The normalized spacial score (nSPS) is 17.7. The smallest absolute Gasteiger partial charge is 0.416 e. The molecule has 0 atom stereocenters. The molecule has 5 rings (SSSR count). The van der Waals surface area contributed by atoms with Crippen LogP contribution in [0.3, 0.4) is 0 Å². The van der Waals surface area contributed by atoms with Crippen molar-refractivity contribution >= 4 is 16.9 Å². The summed E-state index contributed by atoms with van der Waals surface area (Å²) < 4.78 is 57.1. The molecule has 3 heterocycles. The maximum absolute atomic E-state index is 13.6. The Morgan fingerprint density at radius 3 is 2.51 bits per heavy atom.